The molecule has 0 radical (unpaired) electrons. The van der Waals surface area contributed by atoms with E-state index in [9.17, 15) is 0 Å². The van der Waals surface area contributed by atoms with Gasteiger partial charge in [-0.05, 0) is 44.9 Å². The number of guanidine groups is 1. The zero-order valence-corrected chi connectivity index (χ0v) is 17.2. The lowest BCUT2D eigenvalue weighted by Gasteiger charge is -2.20. The highest BCUT2D eigenvalue weighted by atomic mass is 16.5. The van der Waals surface area contributed by atoms with E-state index in [0.29, 0.717) is 19.8 Å². The van der Waals surface area contributed by atoms with Crippen molar-refractivity contribution in [1.82, 2.24) is 25.4 Å². The zero-order chi connectivity index (χ0) is 19.9. The van der Waals surface area contributed by atoms with Crippen molar-refractivity contribution in [3.8, 4) is 11.5 Å². The second-order valence-electron chi connectivity index (χ2n) is 6.65. The van der Waals surface area contributed by atoms with Crippen LogP contribution >= 0.6 is 0 Å². The van der Waals surface area contributed by atoms with Gasteiger partial charge in [0.1, 0.15) is 5.82 Å². The summed E-state index contributed by atoms with van der Waals surface area (Å²) in [6.45, 7) is 8.81. The maximum Gasteiger partial charge on any atom is 0.191 e. The molecule has 0 saturated carbocycles. The van der Waals surface area contributed by atoms with Gasteiger partial charge >= 0.3 is 0 Å². The van der Waals surface area contributed by atoms with Crippen LogP contribution in [0, 0.1) is 0 Å². The van der Waals surface area contributed by atoms with Crippen molar-refractivity contribution in [2.45, 2.75) is 52.7 Å². The Bertz CT molecular complexity index is 817. The fraction of sp³-hybridized carbons (Fsp3) is 0.550. The average molecular weight is 387 g/mol. The molecule has 8 nitrogen and oxygen atoms in total. The summed E-state index contributed by atoms with van der Waals surface area (Å²) in [5.74, 6) is 4.27. The predicted molar refractivity (Wildman–Crippen MR) is 109 cm³/mol. The Morgan fingerprint density at radius 1 is 1.21 bits per heavy atom. The number of hydrogen-bond acceptors (Lipinski definition) is 5. The van der Waals surface area contributed by atoms with Crippen molar-refractivity contribution < 1.29 is 9.47 Å². The Balaban J connectivity index is 1.63. The Kier molecular flexibility index (Phi) is 6.73. The van der Waals surface area contributed by atoms with Crippen LogP contribution in [0.3, 0.4) is 0 Å². The highest BCUT2D eigenvalue weighted by molar-refractivity contribution is 5.80. The average Bonchev–Trinajstić information content (AvgIpc) is 3.31. The molecule has 28 heavy (non-hydrogen) atoms. The number of hydrogen-bond donors (Lipinski definition) is 2. The van der Waals surface area contributed by atoms with Gasteiger partial charge in [-0.25, -0.2) is 0 Å². The van der Waals surface area contributed by atoms with E-state index in [0.717, 1.165) is 54.1 Å². The van der Waals surface area contributed by atoms with Gasteiger partial charge in [0.2, 0.25) is 0 Å². The molecule has 1 unspecified atom stereocenters. The summed E-state index contributed by atoms with van der Waals surface area (Å²) < 4.78 is 13.6. The highest BCUT2D eigenvalue weighted by Crippen LogP contribution is 2.30. The van der Waals surface area contributed by atoms with E-state index in [4.69, 9.17) is 9.47 Å². The minimum Gasteiger partial charge on any atom is -0.490 e. The molecule has 1 aromatic carbocycles. The van der Waals surface area contributed by atoms with Crippen molar-refractivity contribution in [1.29, 1.82) is 0 Å². The summed E-state index contributed by atoms with van der Waals surface area (Å²) in [5.41, 5.74) is 1.10. The number of nitrogens with one attached hydrogen (secondary N) is 2. The van der Waals surface area contributed by atoms with Gasteiger partial charge in [0.15, 0.2) is 23.3 Å². The third-order valence-electron chi connectivity index (χ3n) is 4.74. The van der Waals surface area contributed by atoms with E-state index >= 15 is 0 Å². The standard InChI is InChI=1S/C20H30N6O2/c1-5-27-16-10-9-15(12-17(16)28-6-2)14(3)23-20(21-4)22-13-19-25-24-18-8-7-11-26(18)19/h9-10,12,14H,5-8,11,13H2,1-4H3,(H2,21,22,23). The zero-order valence-electron chi connectivity index (χ0n) is 17.2. The molecule has 1 aliphatic heterocycles. The molecule has 2 heterocycles. The molecule has 0 amide bonds. The van der Waals surface area contributed by atoms with Gasteiger partial charge < -0.3 is 24.7 Å². The second kappa shape index (κ2) is 9.43. The minimum absolute atomic E-state index is 0.0465. The van der Waals surface area contributed by atoms with E-state index in [1.807, 2.05) is 32.0 Å². The lowest BCUT2D eigenvalue weighted by Crippen LogP contribution is -2.38. The maximum absolute atomic E-state index is 5.73. The number of aliphatic imine (C=N–C) groups is 1. The Morgan fingerprint density at radius 2 is 2.00 bits per heavy atom. The molecule has 0 aliphatic carbocycles. The fourth-order valence-corrected chi connectivity index (χ4v) is 3.32. The molecule has 1 atom stereocenters. The van der Waals surface area contributed by atoms with Crippen molar-refractivity contribution in [2.75, 3.05) is 20.3 Å². The number of ether oxygens (including phenoxy) is 2. The molecule has 3 rings (SSSR count). The first-order valence-electron chi connectivity index (χ1n) is 9.93. The van der Waals surface area contributed by atoms with Crippen LogP contribution in [0.15, 0.2) is 23.2 Å². The Hall–Kier alpha value is -2.77. The molecular weight excluding hydrogens is 356 g/mol. The molecule has 0 saturated heterocycles. The molecule has 8 heteroatoms. The van der Waals surface area contributed by atoms with Crippen LogP contribution in [0.1, 0.15) is 50.4 Å². The highest BCUT2D eigenvalue weighted by Gasteiger charge is 2.18. The molecule has 0 fully saturated rings. The monoisotopic (exact) mass is 386 g/mol. The van der Waals surface area contributed by atoms with Gasteiger partial charge in [0, 0.05) is 20.0 Å². The lowest BCUT2D eigenvalue weighted by molar-refractivity contribution is 0.287. The number of rotatable bonds is 8. The van der Waals surface area contributed by atoms with E-state index in [2.05, 4.69) is 37.3 Å². The van der Waals surface area contributed by atoms with Crippen LogP contribution in [-0.4, -0.2) is 41.0 Å². The first-order valence-corrected chi connectivity index (χ1v) is 9.93. The second-order valence-corrected chi connectivity index (χ2v) is 6.65. The molecule has 0 spiro atoms. The summed E-state index contributed by atoms with van der Waals surface area (Å²) >= 11 is 0. The lowest BCUT2D eigenvalue weighted by atomic mass is 10.1. The number of aromatic nitrogens is 3. The van der Waals surface area contributed by atoms with Crippen molar-refractivity contribution in [3.05, 3.63) is 35.4 Å². The molecule has 1 aromatic heterocycles. The first-order chi connectivity index (χ1) is 13.7. The SMILES string of the molecule is CCOc1ccc(C(C)NC(=NC)NCc2nnc3n2CCC3)cc1OCC. The van der Waals surface area contributed by atoms with Crippen LogP contribution in [-0.2, 0) is 19.5 Å². The minimum atomic E-state index is 0.0465. The van der Waals surface area contributed by atoms with E-state index in [1.54, 1.807) is 7.05 Å². The number of aryl methyl sites for hydroxylation is 1. The van der Waals surface area contributed by atoms with Crippen LogP contribution in [0.2, 0.25) is 0 Å². The summed E-state index contributed by atoms with van der Waals surface area (Å²) in [6, 6.07) is 6.07. The van der Waals surface area contributed by atoms with Crippen LogP contribution < -0.4 is 20.1 Å². The fourth-order valence-electron chi connectivity index (χ4n) is 3.32. The van der Waals surface area contributed by atoms with Gasteiger partial charge in [-0.15, -0.1) is 10.2 Å². The van der Waals surface area contributed by atoms with Crippen molar-refractivity contribution in [3.63, 3.8) is 0 Å². The molecule has 152 valence electrons. The summed E-state index contributed by atoms with van der Waals surface area (Å²) in [7, 11) is 1.76. The molecular formula is C20H30N6O2. The number of benzene rings is 1. The van der Waals surface area contributed by atoms with Crippen molar-refractivity contribution in [2.24, 2.45) is 4.99 Å². The molecule has 2 N–H and O–H groups in total. The maximum atomic E-state index is 5.73. The van der Waals surface area contributed by atoms with Crippen LogP contribution in [0.4, 0.5) is 0 Å². The van der Waals surface area contributed by atoms with Crippen molar-refractivity contribution >= 4 is 5.96 Å². The van der Waals surface area contributed by atoms with E-state index in [1.165, 1.54) is 0 Å². The van der Waals surface area contributed by atoms with E-state index in [-0.39, 0.29) is 6.04 Å². The number of nitrogens with zero attached hydrogens (tertiary/aromatic N) is 4. The first kappa shape index (κ1) is 20.0. The third kappa shape index (κ3) is 4.55. The summed E-state index contributed by atoms with van der Waals surface area (Å²) in [4.78, 5) is 4.33. The Morgan fingerprint density at radius 3 is 2.75 bits per heavy atom. The van der Waals surface area contributed by atoms with Crippen LogP contribution in [0.25, 0.3) is 0 Å². The normalized spacial score (nSPS) is 14.5. The molecule has 1 aliphatic rings. The quantitative estimate of drug-likeness (QED) is 0.535. The predicted octanol–water partition coefficient (Wildman–Crippen LogP) is 2.45. The largest absolute Gasteiger partial charge is 0.490 e. The third-order valence-corrected chi connectivity index (χ3v) is 4.74. The topological polar surface area (TPSA) is 85.6 Å². The van der Waals surface area contributed by atoms with Gasteiger partial charge in [-0.1, -0.05) is 6.07 Å². The van der Waals surface area contributed by atoms with E-state index < -0.39 is 0 Å². The van der Waals surface area contributed by atoms with Gasteiger partial charge in [0.05, 0.1) is 25.8 Å². The molecule has 2 aromatic rings. The number of fused-ring (bicyclic) bond motifs is 1. The summed E-state index contributed by atoms with van der Waals surface area (Å²) in [6.07, 6.45) is 2.15. The van der Waals surface area contributed by atoms with Gasteiger partial charge in [-0.3, -0.25) is 4.99 Å². The molecule has 0 bridgehead atoms. The smallest absolute Gasteiger partial charge is 0.191 e. The van der Waals surface area contributed by atoms with Crippen LogP contribution in [0.5, 0.6) is 11.5 Å². The van der Waals surface area contributed by atoms with Gasteiger partial charge in [0.25, 0.3) is 0 Å². The summed E-state index contributed by atoms with van der Waals surface area (Å²) in [5, 5.41) is 15.3. The van der Waals surface area contributed by atoms with Gasteiger partial charge in [-0.2, -0.15) is 0 Å². The Labute approximate surface area is 166 Å².